The van der Waals surface area contributed by atoms with Crippen LogP contribution in [0, 0.1) is 6.92 Å². The Bertz CT molecular complexity index is 529. The average Bonchev–Trinajstić information content (AvgIpc) is 2.66. The topological polar surface area (TPSA) is 38.0 Å². The lowest BCUT2D eigenvalue weighted by Gasteiger charge is -2.03. The first-order chi connectivity index (χ1) is 8.19. The summed E-state index contributed by atoms with van der Waals surface area (Å²) in [4.78, 5) is 0. The second-order valence-electron chi connectivity index (χ2n) is 4.14. The Morgan fingerprint density at radius 3 is 2.53 bits per heavy atom. The van der Waals surface area contributed by atoms with Gasteiger partial charge in [-0.05, 0) is 25.8 Å². The van der Waals surface area contributed by atoms with E-state index in [2.05, 4.69) is 24.2 Å². The van der Waals surface area contributed by atoms with E-state index in [-0.39, 0.29) is 0 Å². The van der Waals surface area contributed by atoms with Crippen LogP contribution in [0.3, 0.4) is 0 Å². The van der Waals surface area contributed by atoms with Gasteiger partial charge in [0.05, 0.1) is 5.69 Å². The third kappa shape index (κ3) is 1.93. The van der Waals surface area contributed by atoms with Gasteiger partial charge in [-0.25, -0.2) is 4.68 Å². The zero-order valence-electron chi connectivity index (χ0n) is 10.6. The van der Waals surface area contributed by atoms with Gasteiger partial charge in [0.1, 0.15) is 0 Å². The number of rotatable bonds is 3. The second-order valence-corrected chi connectivity index (χ2v) is 4.14. The van der Waals surface area contributed by atoms with Crippen molar-refractivity contribution in [3.05, 3.63) is 35.4 Å². The van der Waals surface area contributed by atoms with Gasteiger partial charge < -0.3 is 5.11 Å². The van der Waals surface area contributed by atoms with Gasteiger partial charge in [-0.2, -0.15) is 5.10 Å². The van der Waals surface area contributed by atoms with Crippen molar-refractivity contribution in [1.29, 1.82) is 0 Å². The smallest absolute Gasteiger partial charge is 0.213 e. The van der Waals surface area contributed by atoms with E-state index in [1.54, 1.807) is 4.68 Å². The Hall–Kier alpha value is -1.77. The van der Waals surface area contributed by atoms with E-state index in [0.29, 0.717) is 12.4 Å². The molecule has 0 aliphatic heterocycles. The Kier molecular flexibility index (Phi) is 3.18. The normalized spacial score (nSPS) is 10.8. The van der Waals surface area contributed by atoms with Gasteiger partial charge in [-0.15, -0.1) is 0 Å². The number of aromatic hydroxyl groups is 1. The second kappa shape index (κ2) is 4.62. The molecular formula is C14H18N2O. The van der Waals surface area contributed by atoms with Crippen LogP contribution in [0.2, 0.25) is 0 Å². The van der Waals surface area contributed by atoms with Crippen molar-refractivity contribution in [2.45, 2.75) is 33.7 Å². The third-order valence-corrected chi connectivity index (χ3v) is 3.07. The quantitative estimate of drug-likeness (QED) is 0.879. The van der Waals surface area contributed by atoms with Crippen LogP contribution in [-0.4, -0.2) is 14.9 Å². The van der Waals surface area contributed by atoms with Gasteiger partial charge in [0.25, 0.3) is 0 Å². The molecule has 3 heteroatoms. The van der Waals surface area contributed by atoms with E-state index in [1.165, 1.54) is 5.56 Å². The fourth-order valence-corrected chi connectivity index (χ4v) is 2.09. The lowest BCUT2D eigenvalue weighted by atomic mass is 10.0. The molecule has 0 saturated heterocycles. The minimum Gasteiger partial charge on any atom is -0.493 e. The summed E-state index contributed by atoms with van der Waals surface area (Å²) < 4.78 is 1.65. The zero-order chi connectivity index (χ0) is 12.4. The number of nitrogens with zero attached hydrogens (tertiary/aromatic N) is 2. The Morgan fingerprint density at radius 2 is 1.94 bits per heavy atom. The fourth-order valence-electron chi connectivity index (χ4n) is 2.09. The van der Waals surface area contributed by atoms with E-state index >= 15 is 0 Å². The molecule has 1 aromatic carbocycles. The highest BCUT2D eigenvalue weighted by atomic mass is 16.3. The minimum atomic E-state index is 0.299. The molecule has 1 N–H and O–H groups in total. The van der Waals surface area contributed by atoms with E-state index in [1.807, 2.05) is 26.0 Å². The third-order valence-electron chi connectivity index (χ3n) is 3.07. The maximum Gasteiger partial charge on any atom is 0.213 e. The van der Waals surface area contributed by atoms with Crippen LogP contribution < -0.4 is 0 Å². The average molecular weight is 230 g/mol. The monoisotopic (exact) mass is 230 g/mol. The summed E-state index contributed by atoms with van der Waals surface area (Å²) in [7, 11) is 0. The van der Waals surface area contributed by atoms with Gasteiger partial charge in [-0.3, -0.25) is 0 Å². The van der Waals surface area contributed by atoms with Crippen molar-refractivity contribution < 1.29 is 5.11 Å². The highest BCUT2D eigenvalue weighted by Crippen LogP contribution is 2.31. The predicted octanol–water partition coefficient (Wildman–Crippen LogP) is 3.15. The summed E-state index contributed by atoms with van der Waals surface area (Å²) in [5.74, 6) is 0.299. The number of hydrogen-bond donors (Lipinski definition) is 1. The van der Waals surface area contributed by atoms with Crippen LogP contribution in [0.15, 0.2) is 24.3 Å². The van der Waals surface area contributed by atoms with Gasteiger partial charge in [0.2, 0.25) is 5.88 Å². The summed E-state index contributed by atoms with van der Waals surface area (Å²) in [6.45, 7) is 6.77. The maximum absolute atomic E-state index is 10.1. The summed E-state index contributed by atoms with van der Waals surface area (Å²) >= 11 is 0. The van der Waals surface area contributed by atoms with Crippen LogP contribution in [0.4, 0.5) is 0 Å². The summed E-state index contributed by atoms with van der Waals surface area (Å²) in [5, 5.41) is 14.6. The Labute approximate surface area is 102 Å². The molecule has 1 heterocycles. The number of aromatic nitrogens is 2. The number of hydrogen-bond acceptors (Lipinski definition) is 2. The lowest BCUT2D eigenvalue weighted by Crippen LogP contribution is -1.95. The van der Waals surface area contributed by atoms with Crippen LogP contribution in [-0.2, 0) is 13.0 Å². The molecule has 90 valence electrons. The molecule has 3 nitrogen and oxygen atoms in total. The van der Waals surface area contributed by atoms with Gasteiger partial charge in [0, 0.05) is 17.7 Å². The standard InChI is InChI=1S/C14H18N2O/c1-4-11-13(15-16(5-2)14(11)17)12-9-7-6-8-10(12)3/h6-9,17H,4-5H2,1-3H3. The van der Waals surface area contributed by atoms with Crippen molar-refractivity contribution >= 4 is 0 Å². The highest BCUT2D eigenvalue weighted by Gasteiger charge is 2.17. The van der Waals surface area contributed by atoms with E-state index in [0.717, 1.165) is 23.2 Å². The molecule has 0 aliphatic rings. The zero-order valence-corrected chi connectivity index (χ0v) is 10.6. The first-order valence-electron chi connectivity index (χ1n) is 6.03. The van der Waals surface area contributed by atoms with Crippen molar-refractivity contribution in [2.24, 2.45) is 0 Å². The van der Waals surface area contributed by atoms with E-state index in [9.17, 15) is 5.11 Å². The predicted molar refractivity (Wildman–Crippen MR) is 69.1 cm³/mol. The first kappa shape index (κ1) is 11.7. The van der Waals surface area contributed by atoms with Crippen LogP contribution in [0.5, 0.6) is 5.88 Å². The summed E-state index contributed by atoms with van der Waals surface area (Å²) in [5.41, 5.74) is 4.13. The van der Waals surface area contributed by atoms with Crippen molar-refractivity contribution in [2.75, 3.05) is 0 Å². The number of aryl methyl sites for hydroxylation is 2. The van der Waals surface area contributed by atoms with Gasteiger partial charge in [0.15, 0.2) is 0 Å². The Morgan fingerprint density at radius 1 is 1.24 bits per heavy atom. The van der Waals surface area contributed by atoms with Crippen molar-refractivity contribution in [3.63, 3.8) is 0 Å². The van der Waals surface area contributed by atoms with Gasteiger partial charge in [-0.1, -0.05) is 31.2 Å². The Balaban J connectivity index is 2.63. The maximum atomic E-state index is 10.1. The highest BCUT2D eigenvalue weighted by molar-refractivity contribution is 5.68. The molecule has 0 bridgehead atoms. The molecule has 2 aromatic rings. The molecule has 0 radical (unpaired) electrons. The molecule has 2 rings (SSSR count). The molecule has 0 unspecified atom stereocenters. The van der Waals surface area contributed by atoms with Gasteiger partial charge >= 0.3 is 0 Å². The van der Waals surface area contributed by atoms with Crippen molar-refractivity contribution in [1.82, 2.24) is 9.78 Å². The molecule has 17 heavy (non-hydrogen) atoms. The van der Waals surface area contributed by atoms with Crippen LogP contribution in [0.1, 0.15) is 25.0 Å². The summed E-state index contributed by atoms with van der Waals surface area (Å²) in [6, 6.07) is 8.14. The SMILES string of the molecule is CCc1c(-c2ccccc2C)nn(CC)c1O. The van der Waals surface area contributed by atoms with Crippen LogP contribution >= 0.6 is 0 Å². The van der Waals surface area contributed by atoms with Crippen LogP contribution in [0.25, 0.3) is 11.3 Å². The first-order valence-corrected chi connectivity index (χ1v) is 6.03. The summed E-state index contributed by atoms with van der Waals surface area (Å²) in [6.07, 6.45) is 0.787. The lowest BCUT2D eigenvalue weighted by molar-refractivity contribution is 0.401. The minimum absolute atomic E-state index is 0.299. The largest absolute Gasteiger partial charge is 0.493 e. The number of benzene rings is 1. The fraction of sp³-hybridized carbons (Fsp3) is 0.357. The van der Waals surface area contributed by atoms with E-state index in [4.69, 9.17) is 0 Å². The molecular weight excluding hydrogens is 212 g/mol. The molecule has 0 saturated carbocycles. The molecule has 1 aromatic heterocycles. The molecule has 0 atom stereocenters. The van der Waals surface area contributed by atoms with Crippen molar-refractivity contribution in [3.8, 4) is 17.1 Å². The molecule has 0 fully saturated rings. The molecule has 0 spiro atoms. The van der Waals surface area contributed by atoms with E-state index < -0.39 is 0 Å². The molecule has 0 aliphatic carbocycles. The molecule has 0 amide bonds.